The molecule has 0 nitrogen and oxygen atoms in total. The average Bonchev–Trinajstić information content (AvgIpc) is 2.20. The molecule has 0 heteroatoms. The van der Waals surface area contributed by atoms with E-state index in [9.17, 15) is 0 Å². The van der Waals surface area contributed by atoms with Crippen molar-refractivity contribution in [3.63, 3.8) is 0 Å². The lowest BCUT2D eigenvalue weighted by molar-refractivity contribution is 1.38. The Hall–Kier alpha value is -1.30. The van der Waals surface area contributed by atoms with Crippen LogP contribution in [0.25, 0.3) is 12.2 Å². The van der Waals surface area contributed by atoms with Gasteiger partial charge in [-0.2, -0.15) is 0 Å². The molecule has 0 unspecified atom stereocenters. The largest absolute Gasteiger partial charge is 0.0912 e. The molecule has 0 spiro atoms. The summed E-state index contributed by atoms with van der Waals surface area (Å²) in [5.41, 5.74) is 2.60. The molecule has 1 aromatic rings. The molecule has 0 heterocycles. The van der Waals surface area contributed by atoms with E-state index in [-0.39, 0.29) is 0 Å². The highest BCUT2D eigenvalue weighted by Gasteiger charge is 1.87. The summed E-state index contributed by atoms with van der Waals surface area (Å²) in [7, 11) is 0. The molecule has 0 saturated heterocycles. The molecule has 0 saturated carbocycles. The van der Waals surface area contributed by atoms with Crippen LogP contribution >= 0.6 is 0 Å². The predicted octanol–water partition coefficient (Wildman–Crippen LogP) is 3.26. The molecule has 82 valence electrons. The number of benzene rings is 1. The van der Waals surface area contributed by atoms with Gasteiger partial charge in [0.1, 0.15) is 0 Å². The SMILES string of the molecule is C=c1cccc/c1=C(\C)C=C(C)C.CC. The van der Waals surface area contributed by atoms with Gasteiger partial charge in [0.2, 0.25) is 0 Å². The van der Waals surface area contributed by atoms with Gasteiger partial charge in [-0.3, -0.25) is 0 Å². The van der Waals surface area contributed by atoms with Gasteiger partial charge in [0.25, 0.3) is 0 Å². The minimum absolute atomic E-state index is 1.09. The van der Waals surface area contributed by atoms with E-state index in [1.807, 2.05) is 32.0 Å². The lowest BCUT2D eigenvalue weighted by Crippen LogP contribution is -2.23. The molecule has 1 aromatic carbocycles. The van der Waals surface area contributed by atoms with Gasteiger partial charge in [-0.05, 0) is 36.8 Å². The minimum Gasteiger partial charge on any atom is -0.0912 e. The Morgan fingerprint density at radius 3 is 2.07 bits per heavy atom. The van der Waals surface area contributed by atoms with Crippen molar-refractivity contribution >= 4 is 12.2 Å². The van der Waals surface area contributed by atoms with Gasteiger partial charge < -0.3 is 0 Å². The van der Waals surface area contributed by atoms with Crippen LogP contribution in [0.15, 0.2) is 35.9 Å². The number of hydrogen-bond acceptors (Lipinski definition) is 0. The lowest BCUT2D eigenvalue weighted by Gasteiger charge is -1.95. The second kappa shape index (κ2) is 7.05. The quantitative estimate of drug-likeness (QED) is 0.655. The highest BCUT2D eigenvalue weighted by atomic mass is 13.9. The summed E-state index contributed by atoms with van der Waals surface area (Å²) in [6.07, 6.45) is 2.18. The molecule has 0 N–H and O–H groups in total. The van der Waals surface area contributed by atoms with Crippen LogP contribution < -0.4 is 10.4 Å². The molecule has 0 fully saturated rings. The second-order valence-corrected chi connectivity index (χ2v) is 3.56. The summed E-state index contributed by atoms with van der Waals surface area (Å²) in [5.74, 6) is 0. The Morgan fingerprint density at radius 2 is 1.60 bits per heavy atom. The van der Waals surface area contributed by atoms with Gasteiger partial charge in [-0.25, -0.2) is 0 Å². The maximum absolute atomic E-state index is 4.00. The molecule has 0 aromatic heterocycles. The van der Waals surface area contributed by atoms with E-state index in [2.05, 4.69) is 39.5 Å². The number of allylic oxidation sites excluding steroid dienone is 2. The van der Waals surface area contributed by atoms with Crippen LogP contribution in [0.5, 0.6) is 0 Å². The number of hydrogen-bond donors (Lipinski definition) is 0. The first-order valence-corrected chi connectivity index (χ1v) is 5.51. The van der Waals surface area contributed by atoms with Gasteiger partial charge in [0.15, 0.2) is 0 Å². The Morgan fingerprint density at radius 1 is 1.07 bits per heavy atom. The lowest BCUT2D eigenvalue weighted by atomic mass is 10.1. The average molecular weight is 202 g/mol. The van der Waals surface area contributed by atoms with Crippen LogP contribution in [-0.4, -0.2) is 0 Å². The third-order valence-electron chi connectivity index (χ3n) is 1.95. The van der Waals surface area contributed by atoms with Crippen molar-refractivity contribution in [1.82, 2.24) is 0 Å². The number of rotatable bonds is 1. The van der Waals surface area contributed by atoms with Crippen LogP contribution in [0.4, 0.5) is 0 Å². The maximum atomic E-state index is 4.00. The first kappa shape index (κ1) is 13.7. The second-order valence-electron chi connectivity index (χ2n) is 3.56. The fourth-order valence-electron chi connectivity index (χ4n) is 1.42. The topological polar surface area (TPSA) is 0 Å². The van der Waals surface area contributed by atoms with Crippen LogP contribution in [0.1, 0.15) is 34.6 Å². The van der Waals surface area contributed by atoms with Gasteiger partial charge in [-0.1, -0.05) is 56.3 Å². The molecule has 0 bridgehead atoms. The monoisotopic (exact) mass is 202 g/mol. The summed E-state index contributed by atoms with van der Waals surface area (Å²) in [6, 6.07) is 8.21. The van der Waals surface area contributed by atoms with Gasteiger partial charge in [-0.15, -0.1) is 0 Å². The van der Waals surface area contributed by atoms with Crippen LogP contribution in [0.2, 0.25) is 0 Å². The summed E-state index contributed by atoms with van der Waals surface area (Å²) >= 11 is 0. The zero-order chi connectivity index (χ0) is 11.8. The molecular formula is C15H22. The fraction of sp³-hybridized carbons (Fsp3) is 0.333. The summed E-state index contributed by atoms with van der Waals surface area (Å²) < 4.78 is 0. The van der Waals surface area contributed by atoms with Crippen molar-refractivity contribution in [2.24, 2.45) is 0 Å². The molecule has 0 amide bonds. The van der Waals surface area contributed by atoms with E-state index in [4.69, 9.17) is 0 Å². The molecule has 15 heavy (non-hydrogen) atoms. The minimum atomic E-state index is 1.09. The first-order valence-electron chi connectivity index (χ1n) is 5.51. The van der Waals surface area contributed by atoms with E-state index in [1.54, 1.807) is 0 Å². The molecule has 0 aliphatic rings. The normalized spacial score (nSPS) is 11.0. The van der Waals surface area contributed by atoms with Crippen LogP contribution in [-0.2, 0) is 0 Å². The Kier molecular flexibility index (Phi) is 6.44. The van der Waals surface area contributed by atoms with E-state index in [1.165, 1.54) is 16.4 Å². The van der Waals surface area contributed by atoms with Gasteiger partial charge >= 0.3 is 0 Å². The molecule has 0 radical (unpaired) electrons. The van der Waals surface area contributed by atoms with Crippen LogP contribution in [0.3, 0.4) is 0 Å². The molecule has 0 atom stereocenters. The Bertz CT molecular complexity index is 418. The zero-order valence-electron chi connectivity index (χ0n) is 10.6. The molecule has 0 aliphatic heterocycles. The van der Waals surface area contributed by atoms with Crippen molar-refractivity contribution < 1.29 is 0 Å². The maximum Gasteiger partial charge on any atom is -0.0161 e. The summed E-state index contributed by atoms with van der Waals surface area (Å²) in [6.45, 7) is 14.3. The highest BCUT2D eigenvalue weighted by Crippen LogP contribution is 1.98. The zero-order valence-corrected chi connectivity index (χ0v) is 10.6. The van der Waals surface area contributed by atoms with Crippen molar-refractivity contribution in [2.75, 3.05) is 0 Å². The Balaban J connectivity index is 0.000000921. The van der Waals surface area contributed by atoms with E-state index in [0.29, 0.717) is 0 Å². The molecule has 1 rings (SSSR count). The van der Waals surface area contributed by atoms with Crippen molar-refractivity contribution in [1.29, 1.82) is 0 Å². The van der Waals surface area contributed by atoms with Crippen molar-refractivity contribution in [2.45, 2.75) is 34.6 Å². The summed E-state index contributed by atoms with van der Waals surface area (Å²) in [5, 5.41) is 2.33. The first-order chi connectivity index (χ1) is 7.11. The van der Waals surface area contributed by atoms with Crippen LogP contribution in [0, 0.1) is 0 Å². The third kappa shape index (κ3) is 4.64. The summed E-state index contributed by atoms with van der Waals surface area (Å²) in [4.78, 5) is 0. The van der Waals surface area contributed by atoms with Crippen molar-refractivity contribution in [3.05, 3.63) is 46.4 Å². The van der Waals surface area contributed by atoms with Crippen molar-refractivity contribution in [3.8, 4) is 0 Å². The smallest absolute Gasteiger partial charge is 0.0161 e. The molecule has 0 aliphatic carbocycles. The Labute approximate surface area is 93.7 Å². The standard InChI is InChI=1S/C13H16.C2H6/c1-10(2)9-12(4)13-8-6-5-7-11(13)3;1-2/h5-9H,3H2,1-2,4H3;1-2H3/b13-12-;. The van der Waals surface area contributed by atoms with Gasteiger partial charge in [0.05, 0.1) is 0 Å². The third-order valence-corrected chi connectivity index (χ3v) is 1.95. The molecular weight excluding hydrogens is 180 g/mol. The highest BCUT2D eigenvalue weighted by molar-refractivity contribution is 5.55. The fourth-order valence-corrected chi connectivity index (χ4v) is 1.42. The predicted molar refractivity (Wildman–Crippen MR) is 71.1 cm³/mol. The van der Waals surface area contributed by atoms with E-state index in [0.717, 1.165) is 5.22 Å². The van der Waals surface area contributed by atoms with Gasteiger partial charge in [0, 0.05) is 0 Å². The van der Waals surface area contributed by atoms with E-state index < -0.39 is 0 Å². The van der Waals surface area contributed by atoms with E-state index >= 15 is 0 Å².